The van der Waals surface area contributed by atoms with Crippen molar-refractivity contribution in [3.05, 3.63) is 30.0 Å². The van der Waals surface area contributed by atoms with Crippen LogP contribution in [0.2, 0.25) is 0 Å². The zero-order chi connectivity index (χ0) is 14.5. The Balaban J connectivity index is 2.31. The number of carboxylic acid groups (broad SMARTS) is 1. The molecule has 0 saturated carbocycles. The van der Waals surface area contributed by atoms with E-state index in [1.165, 1.54) is 6.08 Å². The Morgan fingerprint density at radius 2 is 1.85 bits per heavy atom. The molecule has 2 amide bonds. The van der Waals surface area contributed by atoms with E-state index in [4.69, 9.17) is 5.11 Å². The molecule has 1 aliphatic rings. The van der Waals surface area contributed by atoms with Crippen molar-refractivity contribution in [3.8, 4) is 0 Å². The Morgan fingerprint density at radius 1 is 1.20 bits per heavy atom. The van der Waals surface area contributed by atoms with Crippen LogP contribution in [-0.4, -0.2) is 27.9 Å². The molecule has 0 bridgehead atoms. The van der Waals surface area contributed by atoms with Crippen LogP contribution in [0.3, 0.4) is 0 Å². The number of hydrogen-bond donors (Lipinski definition) is 1. The maximum Gasteiger partial charge on any atom is 0.328 e. The number of hydrogen-bond acceptors (Lipinski definition) is 4. The van der Waals surface area contributed by atoms with Crippen molar-refractivity contribution in [2.24, 2.45) is 0 Å². The van der Waals surface area contributed by atoms with Gasteiger partial charge in [0.1, 0.15) is 5.82 Å². The maximum absolute atomic E-state index is 12.0. The van der Waals surface area contributed by atoms with Crippen LogP contribution in [0.1, 0.15) is 31.4 Å². The average molecular weight is 274 g/mol. The van der Waals surface area contributed by atoms with Crippen molar-refractivity contribution in [1.29, 1.82) is 0 Å². The van der Waals surface area contributed by atoms with Gasteiger partial charge in [-0.25, -0.2) is 14.7 Å². The van der Waals surface area contributed by atoms with Crippen molar-refractivity contribution >= 4 is 29.7 Å². The number of imide groups is 1. The fraction of sp³-hybridized carbons (Fsp3) is 0.286. The molecule has 20 heavy (non-hydrogen) atoms. The van der Waals surface area contributed by atoms with E-state index in [1.807, 2.05) is 0 Å². The van der Waals surface area contributed by atoms with Crippen LogP contribution in [0.4, 0.5) is 5.82 Å². The number of carboxylic acids is 1. The zero-order valence-electron chi connectivity index (χ0n) is 10.8. The summed E-state index contributed by atoms with van der Waals surface area (Å²) in [6.07, 6.45) is 4.31. The van der Waals surface area contributed by atoms with Crippen molar-refractivity contribution in [1.82, 2.24) is 4.98 Å². The topological polar surface area (TPSA) is 87.6 Å². The van der Waals surface area contributed by atoms with Crippen LogP contribution >= 0.6 is 0 Å². The second-order valence-electron chi connectivity index (χ2n) is 4.42. The van der Waals surface area contributed by atoms with E-state index < -0.39 is 5.97 Å². The van der Waals surface area contributed by atoms with Gasteiger partial charge in [0.05, 0.1) is 5.69 Å². The predicted octanol–water partition coefficient (Wildman–Crippen LogP) is 1.61. The zero-order valence-corrected chi connectivity index (χ0v) is 10.8. The number of pyridine rings is 1. The molecule has 1 aliphatic heterocycles. The van der Waals surface area contributed by atoms with Gasteiger partial charge in [-0.2, -0.15) is 0 Å². The summed E-state index contributed by atoms with van der Waals surface area (Å²) in [5.74, 6) is -1.37. The lowest BCUT2D eigenvalue weighted by Gasteiger charge is -2.17. The first-order valence-electron chi connectivity index (χ1n) is 6.32. The van der Waals surface area contributed by atoms with Gasteiger partial charge in [0, 0.05) is 18.9 Å². The highest BCUT2D eigenvalue weighted by Gasteiger charge is 2.26. The highest BCUT2D eigenvalue weighted by molar-refractivity contribution is 6.14. The summed E-state index contributed by atoms with van der Waals surface area (Å²) in [5.41, 5.74) is 0.384. The Kier molecular flexibility index (Phi) is 4.24. The molecule has 1 saturated heterocycles. The number of rotatable bonds is 3. The minimum Gasteiger partial charge on any atom is -0.478 e. The third-order valence-electron chi connectivity index (χ3n) is 2.91. The number of carbonyl (C=O) groups excluding carboxylic acids is 2. The Bertz CT molecular complexity index is 562. The van der Waals surface area contributed by atoms with Crippen molar-refractivity contribution in [2.75, 3.05) is 4.90 Å². The number of amides is 2. The first-order valence-corrected chi connectivity index (χ1v) is 6.32. The van der Waals surface area contributed by atoms with Crippen LogP contribution in [-0.2, 0) is 14.4 Å². The van der Waals surface area contributed by atoms with Gasteiger partial charge in [-0.3, -0.25) is 9.59 Å². The molecule has 6 heteroatoms. The van der Waals surface area contributed by atoms with Crippen LogP contribution in [0, 0.1) is 0 Å². The largest absolute Gasteiger partial charge is 0.478 e. The standard InChI is InChI=1S/C14H14N2O4/c17-12-6-1-2-7-13(18)16(12)11-5-3-4-10(15-11)8-9-14(19)20/h3-5,8-9H,1-2,6-7H2,(H,19,20). The minimum atomic E-state index is -1.08. The summed E-state index contributed by atoms with van der Waals surface area (Å²) in [7, 11) is 0. The normalized spacial score (nSPS) is 16.5. The van der Waals surface area contributed by atoms with Gasteiger partial charge in [0.15, 0.2) is 0 Å². The van der Waals surface area contributed by atoms with E-state index >= 15 is 0 Å². The van der Waals surface area contributed by atoms with E-state index in [1.54, 1.807) is 18.2 Å². The molecule has 2 rings (SSSR count). The Morgan fingerprint density at radius 3 is 2.45 bits per heavy atom. The molecule has 1 fully saturated rings. The molecule has 104 valence electrons. The van der Waals surface area contributed by atoms with E-state index in [-0.39, 0.29) is 17.6 Å². The average Bonchev–Trinajstić information content (AvgIpc) is 2.58. The van der Waals surface area contributed by atoms with Gasteiger partial charge in [-0.05, 0) is 31.1 Å². The summed E-state index contributed by atoms with van der Waals surface area (Å²) >= 11 is 0. The molecular weight excluding hydrogens is 260 g/mol. The number of nitrogens with zero attached hydrogens (tertiary/aromatic N) is 2. The summed E-state index contributed by atoms with van der Waals surface area (Å²) in [6.45, 7) is 0. The van der Waals surface area contributed by atoms with Gasteiger partial charge < -0.3 is 5.11 Å². The van der Waals surface area contributed by atoms with Crippen LogP contribution < -0.4 is 4.90 Å². The quantitative estimate of drug-likeness (QED) is 0.668. The van der Waals surface area contributed by atoms with Gasteiger partial charge in [0.2, 0.25) is 11.8 Å². The van der Waals surface area contributed by atoms with Gasteiger partial charge in [-0.1, -0.05) is 6.07 Å². The van der Waals surface area contributed by atoms with E-state index in [0.717, 1.165) is 11.0 Å². The summed E-state index contributed by atoms with van der Waals surface area (Å²) < 4.78 is 0. The lowest BCUT2D eigenvalue weighted by atomic mass is 10.2. The third kappa shape index (κ3) is 3.28. The van der Waals surface area contributed by atoms with Gasteiger partial charge in [-0.15, -0.1) is 0 Å². The lowest BCUT2D eigenvalue weighted by Crippen LogP contribution is -2.35. The number of carbonyl (C=O) groups is 3. The number of aromatic nitrogens is 1. The SMILES string of the molecule is O=C(O)C=Cc1cccc(N2C(=O)CCCCC2=O)n1. The molecule has 2 heterocycles. The highest BCUT2D eigenvalue weighted by atomic mass is 16.4. The van der Waals surface area contributed by atoms with E-state index in [0.29, 0.717) is 31.4 Å². The maximum atomic E-state index is 12.0. The summed E-state index contributed by atoms with van der Waals surface area (Å²) in [6, 6.07) is 4.81. The highest BCUT2D eigenvalue weighted by Crippen LogP contribution is 2.20. The molecule has 0 spiro atoms. The first kappa shape index (κ1) is 13.9. The fourth-order valence-corrected chi connectivity index (χ4v) is 1.98. The second kappa shape index (κ2) is 6.10. The Hall–Kier alpha value is -2.50. The van der Waals surface area contributed by atoms with Gasteiger partial charge >= 0.3 is 5.97 Å². The molecule has 1 N–H and O–H groups in total. The Labute approximate surface area is 115 Å². The fourth-order valence-electron chi connectivity index (χ4n) is 1.98. The van der Waals surface area contributed by atoms with Gasteiger partial charge in [0.25, 0.3) is 0 Å². The van der Waals surface area contributed by atoms with Crippen LogP contribution in [0.5, 0.6) is 0 Å². The predicted molar refractivity (Wildman–Crippen MR) is 71.9 cm³/mol. The monoisotopic (exact) mass is 274 g/mol. The second-order valence-corrected chi connectivity index (χ2v) is 4.42. The van der Waals surface area contributed by atoms with Crippen molar-refractivity contribution in [2.45, 2.75) is 25.7 Å². The number of aliphatic carboxylic acids is 1. The molecule has 0 radical (unpaired) electrons. The summed E-state index contributed by atoms with van der Waals surface area (Å²) in [4.78, 5) is 39.6. The smallest absolute Gasteiger partial charge is 0.328 e. The third-order valence-corrected chi connectivity index (χ3v) is 2.91. The molecular formula is C14H14N2O4. The minimum absolute atomic E-state index is 0.245. The molecule has 1 aromatic heterocycles. The van der Waals surface area contributed by atoms with Crippen molar-refractivity contribution < 1.29 is 19.5 Å². The van der Waals surface area contributed by atoms with Crippen molar-refractivity contribution in [3.63, 3.8) is 0 Å². The van der Waals surface area contributed by atoms with E-state index in [2.05, 4.69) is 4.98 Å². The molecule has 0 aliphatic carbocycles. The molecule has 6 nitrogen and oxygen atoms in total. The lowest BCUT2D eigenvalue weighted by molar-refractivity contribution is -0.131. The molecule has 1 aromatic rings. The number of anilines is 1. The molecule has 0 atom stereocenters. The van der Waals surface area contributed by atoms with Crippen LogP contribution in [0.25, 0.3) is 6.08 Å². The van der Waals surface area contributed by atoms with E-state index in [9.17, 15) is 14.4 Å². The summed E-state index contributed by atoms with van der Waals surface area (Å²) in [5, 5.41) is 8.58. The molecule has 0 aromatic carbocycles. The molecule has 0 unspecified atom stereocenters. The first-order chi connectivity index (χ1) is 9.58. The van der Waals surface area contributed by atoms with Crippen LogP contribution in [0.15, 0.2) is 24.3 Å².